The molecule has 0 aliphatic heterocycles. The molecule has 3 rings (SSSR count). The van der Waals surface area contributed by atoms with E-state index in [4.69, 9.17) is 4.42 Å². The van der Waals surface area contributed by atoms with Crippen LogP contribution in [0.4, 0.5) is 14.5 Å². The second kappa shape index (κ2) is 5.60. The zero-order valence-corrected chi connectivity index (χ0v) is 11.8. The molecule has 0 spiro atoms. The van der Waals surface area contributed by atoms with E-state index in [1.54, 1.807) is 0 Å². The summed E-state index contributed by atoms with van der Waals surface area (Å²) < 4.78 is 32.4. The Morgan fingerprint density at radius 1 is 1.18 bits per heavy atom. The Bertz CT molecular complexity index is 835. The van der Waals surface area contributed by atoms with E-state index >= 15 is 0 Å². The van der Waals surface area contributed by atoms with Crippen LogP contribution in [0.15, 0.2) is 47.1 Å². The third-order valence-electron chi connectivity index (χ3n) is 3.39. The minimum Gasteiger partial charge on any atom is -0.464 e. The van der Waals surface area contributed by atoms with E-state index in [0.717, 1.165) is 23.1 Å². The molecule has 3 aromatic rings. The number of halogens is 2. The largest absolute Gasteiger partial charge is 0.464 e. The normalized spacial score (nSPS) is 10.9. The molecule has 112 valence electrons. The molecule has 1 amide bonds. The van der Waals surface area contributed by atoms with Gasteiger partial charge in [-0.15, -0.1) is 0 Å². The molecule has 5 heteroatoms. The number of nitrogens with one attached hydrogen (secondary N) is 1. The number of rotatable bonds is 3. The van der Waals surface area contributed by atoms with Crippen molar-refractivity contribution in [3.05, 3.63) is 65.4 Å². The van der Waals surface area contributed by atoms with Crippen molar-refractivity contribution in [1.82, 2.24) is 0 Å². The summed E-state index contributed by atoms with van der Waals surface area (Å²) >= 11 is 0. The number of carbonyl (C=O) groups is 1. The summed E-state index contributed by atoms with van der Waals surface area (Å²) in [6, 6.07) is 9.07. The first kappa shape index (κ1) is 14.3. The molecule has 0 unspecified atom stereocenters. The number of aryl methyl sites for hydroxylation is 1. The zero-order chi connectivity index (χ0) is 15.7. The van der Waals surface area contributed by atoms with E-state index in [-0.39, 0.29) is 6.42 Å². The van der Waals surface area contributed by atoms with Gasteiger partial charge in [-0.3, -0.25) is 4.79 Å². The Kier molecular flexibility index (Phi) is 3.63. The maximum absolute atomic E-state index is 13.5. The first-order chi connectivity index (χ1) is 10.5. The number of anilines is 1. The van der Waals surface area contributed by atoms with Crippen LogP contribution in [-0.4, -0.2) is 5.91 Å². The molecule has 0 saturated heterocycles. The van der Waals surface area contributed by atoms with E-state index in [2.05, 4.69) is 5.32 Å². The number of hydrogen-bond acceptors (Lipinski definition) is 2. The Balaban J connectivity index is 1.82. The van der Waals surface area contributed by atoms with Crippen molar-refractivity contribution in [2.75, 3.05) is 5.32 Å². The highest BCUT2D eigenvalue weighted by Gasteiger charge is 2.14. The van der Waals surface area contributed by atoms with Crippen LogP contribution in [0.1, 0.15) is 11.1 Å². The number of carbonyl (C=O) groups excluding carboxylic acids is 1. The van der Waals surface area contributed by atoms with Crippen LogP contribution >= 0.6 is 0 Å². The highest BCUT2D eigenvalue weighted by atomic mass is 19.1. The van der Waals surface area contributed by atoms with Gasteiger partial charge in [0.1, 0.15) is 22.9 Å². The van der Waals surface area contributed by atoms with Gasteiger partial charge in [-0.2, -0.15) is 0 Å². The molecule has 0 fully saturated rings. The lowest BCUT2D eigenvalue weighted by molar-refractivity contribution is -0.115. The SMILES string of the molecule is Cc1ccc2c(CC(=O)Nc3c(F)cccc3F)coc2c1. The third kappa shape index (κ3) is 2.70. The predicted molar refractivity (Wildman–Crippen MR) is 79.6 cm³/mol. The molecule has 0 bridgehead atoms. The van der Waals surface area contributed by atoms with Gasteiger partial charge in [0.2, 0.25) is 5.91 Å². The van der Waals surface area contributed by atoms with Gasteiger partial charge in [0.05, 0.1) is 12.7 Å². The Hall–Kier alpha value is -2.69. The van der Waals surface area contributed by atoms with Crippen molar-refractivity contribution in [2.24, 2.45) is 0 Å². The molecule has 2 aromatic carbocycles. The van der Waals surface area contributed by atoms with Crippen LogP contribution in [0, 0.1) is 18.6 Å². The Morgan fingerprint density at radius 2 is 1.91 bits per heavy atom. The molecule has 0 aliphatic rings. The highest BCUT2D eigenvalue weighted by molar-refractivity contribution is 5.95. The Labute approximate surface area is 125 Å². The molecule has 0 saturated carbocycles. The first-order valence-corrected chi connectivity index (χ1v) is 6.75. The van der Waals surface area contributed by atoms with Crippen molar-refractivity contribution in [3.63, 3.8) is 0 Å². The second-order valence-electron chi connectivity index (χ2n) is 5.08. The van der Waals surface area contributed by atoms with Crippen LogP contribution in [0.3, 0.4) is 0 Å². The van der Waals surface area contributed by atoms with Crippen LogP contribution in [-0.2, 0) is 11.2 Å². The topological polar surface area (TPSA) is 42.2 Å². The summed E-state index contributed by atoms with van der Waals surface area (Å²) in [5.74, 6) is -2.12. The molecule has 22 heavy (non-hydrogen) atoms. The number of hydrogen-bond donors (Lipinski definition) is 1. The minimum atomic E-state index is -0.805. The lowest BCUT2D eigenvalue weighted by Gasteiger charge is -2.06. The predicted octanol–water partition coefficient (Wildman–Crippen LogP) is 4.20. The zero-order valence-electron chi connectivity index (χ0n) is 11.8. The summed E-state index contributed by atoms with van der Waals surface area (Å²) in [7, 11) is 0. The van der Waals surface area contributed by atoms with Crippen molar-refractivity contribution < 1.29 is 18.0 Å². The number of benzene rings is 2. The number of furan rings is 1. The quantitative estimate of drug-likeness (QED) is 0.787. The van der Waals surface area contributed by atoms with Gasteiger partial charge < -0.3 is 9.73 Å². The molecule has 3 nitrogen and oxygen atoms in total. The maximum atomic E-state index is 13.5. The fraction of sp³-hybridized carbons (Fsp3) is 0.118. The van der Waals surface area contributed by atoms with E-state index in [1.807, 2.05) is 25.1 Å². The van der Waals surface area contributed by atoms with Crippen LogP contribution in [0.5, 0.6) is 0 Å². The molecule has 0 aliphatic carbocycles. The average Bonchev–Trinajstić information content (AvgIpc) is 2.85. The number of fused-ring (bicyclic) bond motifs is 1. The number of para-hydroxylation sites is 1. The van der Waals surface area contributed by atoms with Crippen LogP contribution in [0.2, 0.25) is 0 Å². The first-order valence-electron chi connectivity index (χ1n) is 6.75. The fourth-order valence-electron chi connectivity index (χ4n) is 2.30. The Morgan fingerprint density at radius 3 is 2.64 bits per heavy atom. The van der Waals surface area contributed by atoms with Gasteiger partial charge in [0, 0.05) is 10.9 Å². The van der Waals surface area contributed by atoms with E-state index in [9.17, 15) is 13.6 Å². The lowest BCUT2D eigenvalue weighted by atomic mass is 10.1. The maximum Gasteiger partial charge on any atom is 0.229 e. The van der Waals surface area contributed by atoms with Crippen molar-refractivity contribution in [2.45, 2.75) is 13.3 Å². The fourth-order valence-corrected chi connectivity index (χ4v) is 2.30. The smallest absolute Gasteiger partial charge is 0.229 e. The van der Waals surface area contributed by atoms with E-state index in [0.29, 0.717) is 11.1 Å². The van der Waals surface area contributed by atoms with E-state index < -0.39 is 23.2 Å². The summed E-state index contributed by atoms with van der Waals surface area (Å²) in [6.45, 7) is 1.94. The minimum absolute atomic E-state index is 0.0240. The number of amides is 1. The third-order valence-corrected chi connectivity index (χ3v) is 3.39. The van der Waals surface area contributed by atoms with Crippen molar-refractivity contribution in [3.8, 4) is 0 Å². The van der Waals surface area contributed by atoms with Crippen molar-refractivity contribution >= 4 is 22.6 Å². The summed E-state index contributed by atoms with van der Waals surface area (Å²) in [5, 5.41) is 3.08. The standard InChI is InChI=1S/C17H13F2NO2/c1-10-5-6-12-11(9-22-15(12)7-10)8-16(21)20-17-13(18)3-2-4-14(17)19/h2-7,9H,8H2,1H3,(H,20,21). The van der Waals surface area contributed by atoms with Gasteiger partial charge in [-0.1, -0.05) is 18.2 Å². The molecule has 1 heterocycles. The molecular formula is C17H13F2NO2. The van der Waals surface area contributed by atoms with Gasteiger partial charge in [0.25, 0.3) is 0 Å². The summed E-state index contributed by atoms with van der Waals surface area (Å²) in [4.78, 5) is 12.0. The summed E-state index contributed by atoms with van der Waals surface area (Å²) in [6.07, 6.45) is 1.46. The molecule has 1 N–H and O–H groups in total. The van der Waals surface area contributed by atoms with Crippen LogP contribution < -0.4 is 5.32 Å². The molecule has 0 radical (unpaired) electrons. The van der Waals surface area contributed by atoms with Gasteiger partial charge in [-0.05, 0) is 30.7 Å². The average molecular weight is 301 g/mol. The van der Waals surface area contributed by atoms with Crippen LogP contribution in [0.25, 0.3) is 11.0 Å². The van der Waals surface area contributed by atoms with Gasteiger partial charge in [-0.25, -0.2) is 8.78 Å². The van der Waals surface area contributed by atoms with E-state index in [1.165, 1.54) is 12.3 Å². The summed E-state index contributed by atoms with van der Waals surface area (Å²) in [5.41, 5.74) is 1.96. The van der Waals surface area contributed by atoms with Gasteiger partial charge in [0.15, 0.2) is 0 Å². The second-order valence-corrected chi connectivity index (χ2v) is 5.08. The van der Waals surface area contributed by atoms with Gasteiger partial charge >= 0.3 is 0 Å². The molecular weight excluding hydrogens is 288 g/mol. The molecule has 1 aromatic heterocycles. The molecule has 0 atom stereocenters. The highest BCUT2D eigenvalue weighted by Crippen LogP contribution is 2.24. The lowest BCUT2D eigenvalue weighted by Crippen LogP contribution is -2.16. The van der Waals surface area contributed by atoms with Crippen molar-refractivity contribution in [1.29, 1.82) is 0 Å². The monoisotopic (exact) mass is 301 g/mol.